The Morgan fingerprint density at radius 2 is 0.578 bits per heavy atom. The summed E-state index contributed by atoms with van der Waals surface area (Å²) in [5.74, 6) is 2.63. The monoisotopic (exact) mass is 1080 g/mol. The molecular formula is C74H62N8O. The Morgan fingerprint density at radius 3 is 0.916 bits per heavy atom. The van der Waals surface area contributed by atoms with Crippen LogP contribution < -0.4 is 4.84 Å². The molecule has 0 atom stereocenters. The van der Waals surface area contributed by atoms with Crippen LogP contribution in [0.3, 0.4) is 0 Å². The molecule has 0 amide bonds. The Bertz CT molecular complexity index is 4410. The highest BCUT2D eigenvalue weighted by molar-refractivity contribution is 6.12. The van der Waals surface area contributed by atoms with Crippen molar-refractivity contribution in [3.63, 3.8) is 0 Å². The second-order valence-electron chi connectivity index (χ2n) is 24.0. The highest BCUT2D eigenvalue weighted by atomic mass is 16.7. The van der Waals surface area contributed by atoms with E-state index in [4.69, 9.17) is 34.7 Å². The number of hydrogen-bond acceptors (Lipinski definition) is 7. The SMILES string of the molecule is CC(C)(c1ccccc1)c1c(C(C)(C)c2ccccc2)c(C(C)(C)c2ccccc2)c2c3nc4nc(nc5c6ccccc6c(nc6nc(nc([nH]3)c2c1C(C)(C)c1ccccc1)-c1ccccc1-6)n5Oc1ccccc1)-c1ccccc1-4. The van der Waals surface area contributed by atoms with Crippen LogP contribution in [-0.2, 0) is 21.7 Å². The summed E-state index contributed by atoms with van der Waals surface area (Å²) in [6.07, 6.45) is 0. The van der Waals surface area contributed by atoms with E-state index in [0.717, 1.165) is 66.1 Å². The van der Waals surface area contributed by atoms with Crippen LogP contribution in [0.4, 0.5) is 0 Å². The smallest absolute Gasteiger partial charge is 0.181 e. The van der Waals surface area contributed by atoms with Crippen molar-refractivity contribution < 1.29 is 4.84 Å². The van der Waals surface area contributed by atoms with Crippen LogP contribution in [0.1, 0.15) is 99.9 Å². The van der Waals surface area contributed by atoms with E-state index in [-0.39, 0.29) is 0 Å². The third kappa shape index (κ3) is 8.27. The first-order chi connectivity index (χ1) is 40.2. The normalized spacial score (nSPS) is 12.6. The largest absolute Gasteiger partial charge is 0.372 e. The minimum atomic E-state index is -0.664. The summed E-state index contributed by atoms with van der Waals surface area (Å²) in [5, 5.41) is 3.58. The van der Waals surface area contributed by atoms with E-state index in [9.17, 15) is 0 Å². The maximum absolute atomic E-state index is 6.89. The van der Waals surface area contributed by atoms with Gasteiger partial charge in [-0.15, -0.1) is 4.73 Å². The molecule has 9 aromatic carbocycles. The molecule has 0 aliphatic carbocycles. The van der Waals surface area contributed by atoms with Gasteiger partial charge in [-0.2, -0.15) is 0 Å². The van der Waals surface area contributed by atoms with Crippen molar-refractivity contribution in [2.45, 2.75) is 77.0 Å². The highest BCUT2D eigenvalue weighted by Gasteiger charge is 2.46. The first-order valence-corrected chi connectivity index (χ1v) is 28.6. The van der Waals surface area contributed by atoms with Gasteiger partial charge in [-0.25, -0.2) is 29.9 Å². The van der Waals surface area contributed by atoms with Gasteiger partial charge in [0.2, 0.25) is 0 Å². The fraction of sp³-hybridized carbons (Fsp3) is 0.162. The number of para-hydroxylation sites is 1. The zero-order valence-corrected chi connectivity index (χ0v) is 47.9. The second-order valence-corrected chi connectivity index (χ2v) is 24.0. The van der Waals surface area contributed by atoms with Crippen LogP contribution in [0.25, 0.3) is 89.7 Å². The number of aromatic nitrogens is 8. The average molecular weight is 1080 g/mol. The van der Waals surface area contributed by atoms with E-state index in [2.05, 4.69) is 218 Å². The van der Waals surface area contributed by atoms with Crippen LogP contribution in [0, 0.1) is 0 Å². The predicted octanol–water partition coefficient (Wildman–Crippen LogP) is 17.5. The second kappa shape index (κ2) is 19.4. The van der Waals surface area contributed by atoms with E-state index in [1.165, 1.54) is 22.3 Å². The lowest BCUT2D eigenvalue weighted by atomic mass is 9.58. The number of benzene rings is 9. The molecule has 1 N–H and O–H groups in total. The third-order valence-electron chi connectivity index (χ3n) is 17.5. The lowest BCUT2D eigenvalue weighted by Gasteiger charge is -2.45. The Labute approximate surface area is 483 Å². The van der Waals surface area contributed by atoms with E-state index >= 15 is 0 Å². The zero-order valence-electron chi connectivity index (χ0n) is 47.9. The molecule has 0 fully saturated rings. The van der Waals surface area contributed by atoms with E-state index in [1.807, 2.05) is 66.7 Å². The summed E-state index contributed by atoms with van der Waals surface area (Å²) in [6, 6.07) is 78.3. The van der Waals surface area contributed by atoms with Gasteiger partial charge in [0.05, 0.1) is 0 Å². The third-order valence-corrected chi connectivity index (χ3v) is 17.5. The average Bonchev–Trinajstić information content (AvgIpc) is 1.82. The van der Waals surface area contributed by atoms with Gasteiger partial charge in [-0.05, 0) is 56.6 Å². The van der Waals surface area contributed by atoms with Gasteiger partial charge in [0.25, 0.3) is 0 Å². The molecule has 9 heteroatoms. The number of nitrogens with zero attached hydrogens (tertiary/aromatic N) is 7. The van der Waals surface area contributed by atoms with Crippen LogP contribution >= 0.6 is 0 Å². The number of nitrogens with one attached hydrogen (secondary N) is 1. The van der Waals surface area contributed by atoms with Gasteiger partial charge >= 0.3 is 0 Å². The zero-order chi connectivity index (χ0) is 56.8. The fourth-order valence-corrected chi connectivity index (χ4v) is 13.1. The molecule has 0 saturated carbocycles. The first-order valence-electron chi connectivity index (χ1n) is 28.6. The molecule has 2 aliphatic rings. The predicted molar refractivity (Wildman–Crippen MR) is 336 cm³/mol. The van der Waals surface area contributed by atoms with Crippen molar-refractivity contribution in [1.82, 2.24) is 39.6 Å². The van der Waals surface area contributed by atoms with Crippen molar-refractivity contribution in [3.8, 4) is 51.3 Å². The molecular weight excluding hydrogens is 1020 g/mol. The van der Waals surface area contributed by atoms with Crippen molar-refractivity contribution >= 4 is 44.1 Å². The van der Waals surface area contributed by atoms with Crippen molar-refractivity contribution in [1.29, 1.82) is 0 Å². The van der Waals surface area contributed by atoms with Crippen LogP contribution in [0.2, 0.25) is 0 Å². The summed E-state index contributed by atoms with van der Waals surface area (Å²) in [5.41, 5.74) is 12.6. The molecule has 83 heavy (non-hydrogen) atoms. The maximum Gasteiger partial charge on any atom is 0.181 e. The van der Waals surface area contributed by atoms with Gasteiger partial charge in [0.15, 0.2) is 40.3 Å². The molecule has 12 aromatic rings. The first kappa shape index (κ1) is 51.3. The van der Waals surface area contributed by atoms with Crippen molar-refractivity contribution in [2.75, 3.05) is 0 Å². The molecule has 14 rings (SSSR count). The highest BCUT2D eigenvalue weighted by Crippen LogP contribution is 2.56. The minimum absolute atomic E-state index is 0.493. The Morgan fingerprint density at radius 1 is 0.301 bits per heavy atom. The number of H-pyrrole nitrogens is 1. The van der Waals surface area contributed by atoms with Gasteiger partial charge in [0.1, 0.15) is 11.3 Å². The van der Waals surface area contributed by atoms with E-state index in [1.54, 1.807) is 4.73 Å². The Kier molecular flexibility index (Phi) is 12.0. The van der Waals surface area contributed by atoms with Crippen molar-refractivity contribution in [3.05, 3.63) is 269 Å². The number of aromatic amines is 1. The number of fused-ring (bicyclic) bond motifs is 20. The molecule has 2 aliphatic heterocycles. The van der Waals surface area contributed by atoms with E-state index < -0.39 is 21.7 Å². The van der Waals surface area contributed by atoms with Gasteiger partial charge < -0.3 is 9.82 Å². The molecule has 0 radical (unpaired) electrons. The lowest BCUT2D eigenvalue weighted by Crippen LogP contribution is -2.37. The Hall–Kier alpha value is -9.86. The van der Waals surface area contributed by atoms with Gasteiger partial charge in [0, 0.05) is 65.5 Å². The molecule has 5 heterocycles. The Balaban J connectivity index is 1.28. The number of hydrogen-bond donors (Lipinski definition) is 1. The molecule has 0 saturated heterocycles. The van der Waals surface area contributed by atoms with E-state index in [0.29, 0.717) is 51.6 Å². The standard InChI is InChI=1S/C74H62N8O/c1-71(2,46-30-14-9-15-31-46)59-57-58(60(72(3,4)47-32-16-10-17-33-47)62(74(7,8)49-36-20-12-21-37-49)61(59)73(5,6)48-34-18-11-19-35-48)68-78-64-52-41-25-27-43-54(52)66(76-64)81-70-56-45-29-28-44-55(56)69(82(70)83-50-38-22-13-23-39-50)80-65-53-42-26-24-40-51(53)63(75-65)77-67(57)79-68/h9-45H,1-8H3,(H,75,76,77,78,79,80,81). The molecule has 0 unspecified atom stereocenters. The van der Waals surface area contributed by atoms with Crippen LogP contribution in [0.15, 0.2) is 224 Å². The summed E-state index contributed by atoms with van der Waals surface area (Å²) < 4.78 is 1.72. The summed E-state index contributed by atoms with van der Waals surface area (Å²) in [4.78, 5) is 44.7. The molecule has 8 bridgehead atoms. The molecule has 9 nitrogen and oxygen atoms in total. The van der Waals surface area contributed by atoms with Crippen LogP contribution in [-0.4, -0.2) is 39.6 Å². The summed E-state index contributed by atoms with van der Waals surface area (Å²) >= 11 is 0. The minimum Gasteiger partial charge on any atom is -0.372 e. The topological polar surface area (TPSA) is 107 Å². The molecule has 3 aromatic heterocycles. The maximum atomic E-state index is 6.89. The number of rotatable bonds is 10. The quantitative estimate of drug-likeness (QED) is 0.145. The molecule has 404 valence electrons. The molecule has 0 spiro atoms. The van der Waals surface area contributed by atoms with Crippen molar-refractivity contribution in [2.24, 2.45) is 0 Å². The van der Waals surface area contributed by atoms with Gasteiger partial charge in [-0.3, -0.25) is 0 Å². The summed E-state index contributed by atoms with van der Waals surface area (Å²) in [6.45, 7) is 19.2. The van der Waals surface area contributed by atoms with Crippen LogP contribution in [0.5, 0.6) is 5.75 Å². The lowest BCUT2D eigenvalue weighted by molar-refractivity contribution is 0.238. The fourth-order valence-electron chi connectivity index (χ4n) is 13.1. The van der Waals surface area contributed by atoms with Gasteiger partial charge in [-0.1, -0.05) is 268 Å². The summed E-state index contributed by atoms with van der Waals surface area (Å²) in [7, 11) is 0.